The fourth-order valence-corrected chi connectivity index (χ4v) is 2.45. The molecule has 0 atom stereocenters. The lowest BCUT2D eigenvalue weighted by Gasteiger charge is -2.01. The molecule has 0 radical (unpaired) electrons. The van der Waals surface area contributed by atoms with Crippen molar-refractivity contribution in [1.29, 1.82) is 0 Å². The second-order valence-electron chi connectivity index (χ2n) is 3.72. The second-order valence-corrected chi connectivity index (χ2v) is 5.39. The Labute approximate surface area is 127 Å². The van der Waals surface area contributed by atoms with Gasteiger partial charge >= 0.3 is 5.97 Å². The minimum Gasteiger partial charge on any atom is -0.469 e. The predicted octanol–water partition coefficient (Wildman–Crippen LogP) is 2.27. The molecule has 0 unspecified atom stereocenters. The molecule has 104 valence electrons. The van der Waals surface area contributed by atoms with Crippen molar-refractivity contribution in [2.75, 3.05) is 12.4 Å². The Balaban J connectivity index is 2.03. The topological polar surface area (TPSA) is 81.2 Å². The Morgan fingerprint density at radius 2 is 2.30 bits per heavy atom. The molecule has 0 saturated carbocycles. The van der Waals surface area contributed by atoms with Gasteiger partial charge in [-0.2, -0.15) is 0 Å². The van der Waals surface area contributed by atoms with Gasteiger partial charge in [0.25, 0.3) is 5.91 Å². The smallest absolute Gasteiger partial charge is 0.311 e. The van der Waals surface area contributed by atoms with Crippen LogP contribution in [0.3, 0.4) is 0 Å². The molecule has 8 heteroatoms. The first-order valence-electron chi connectivity index (χ1n) is 5.52. The van der Waals surface area contributed by atoms with Gasteiger partial charge in [-0.15, -0.1) is 11.3 Å². The van der Waals surface area contributed by atoms with Crippen LogP contribution >= 0.6 is 27.3 Å². The van der Waals surface area contributed by atoms with Crippen LogP contribution in [0.5, 0.6) is 0 Å². The third kappa shape index (κ3) is 3.84. The predicted molar refractivity (Wildman–Crippen MR) is 77.7 cm³/mol. The Hall–Kier alpha value is -1.80. The van der Waals surface area contributed by atoms with Crippen molar-refractivity contribution in [2.24, 2.45) is 0 Å². The van der Waals surface area contributed by atoms with Crippen molar-refractivity contribution in [2.45, 2.75) is 6.42 Å². The summed E-state index contributed by atoms with van der Waals surface area (Å²) < 4.78 is 5.13. The van der Waals surface area contributed by atoms with Crippen LogP contribution in [-0.2, 0) is 16.0 Å². The Kier molecular flexibility index (Phi) is 4.80. The maximum Gasteiger partial charge on any atom is 0.311 e. The van der Waals surface area contributed by atoms with Crippen LogP contribution in [0.4, 0.5) is 5.13 Å². The minimum absolute atomic E-state index is 0.0870. The van der Waals surface area contributed by atoms with E-state index >= 15 is 0 Å². The molecule has 2 aromatic rings. The fourth-order valence-electron chi connectivity index (χ4n) is 1.38. The van der Waals surface area contributed by atoms with E-state index in [1.165, 1.54) is 24.6 Å². The van der Waals surface area contributed by atoms with Crippen LogP contribution in [0, 0.1) is 0 Å². The third-order valence-electron chi connectivity index (χ3n) is 2.31. The molecular formula is C12H10BrN3O3S. The van der Waals surface area contributed by atoms with E-state index in [-0.39, 0.29) is 18.3 Å². The van der Waals surface area contributed by atoms with Crippen LogP contribution in [0.15, 0.2) is 28.3 Å². The summed E-state index contributed by atoms with van der Waals surface area (Å²) in [7, 11) is 1.32. The summed E-state index contributed by atoms with van der Waals surface area (Å²) in [6, 6.07) is 3.21. The maximum atomic E-state index is 12.0. The van der Waals surface area contributed by atoms with Crippen LogP contribution in [0.2, 0.25) is 0 Å². The highest BCUT2D eigenvalue weighted by molar-refractivity contribution is 9.10. The number of anilines is 1. The molecule has 0 aromatic carbocycles. The lowest BCUT2D eigenvalue weighted by molar-refractivity contribution is -0.139. The van der Waals surface area contributed by atoms with Crippen molar-refractivity contribution in [3.63, 3.8) is 0 Å². The minimum atomic E-state index is -0.369. The zero-order valence-corrected chi connectivity index (χ0v) is 12.8. The summed E-state index contributed by atoms with van der Waals surface area (Å²) in [5, 5.41) is 4.80. The highest BCUT2D eigenvalue weighted by Gasteiger charge is 2.11. The van der Waals surface area contributed by atoms with E-state index in [4.69, 9.17) is 0 Å². The fraction of sp³-hybridized carbons (Fsp3) is 0.167. The lowest BCUT2D eigenvalue weighted by atomic mass is 10.2. The summed E-state index contributed by atoms with van der Waals surface area (Å²) >= 11 is 4.45. The Morgan fingerprint density at radius 1 is 1.50 bits per heavy atom. The molecule has 1 amide bonds. The number of hydrogen-bond acceptors (Lipinski definition) is 6. The third-order valence-corrected chi connectivity index (χ3v) is 3.55. The molecule has 20 heavy (non-hydrogen) atoms. The second kappa shape index (κ2) is 6.58. The molecule has 2 rings (SSSR count). The van der Waals surface area contributed by atoms with Gasteiger partial charge in [-0.1, -0.05) is 0 Å². The summed E-state index contributed by atoms with van der Waals surface area (Å²) in [6.45, 7) is 0. The van der Waals surface area contributed by atoms with Gasteiger partial charge in [0.1, 0.15) is 4.60 Å². The van der Waals surface area contributed by atoms with E-state index < -0.39 is 0 Å². The highest BCUT2D eigenvalue weighted by atomic mass is 79.9. The van der Waals surface area contributed by atoms with Crippen LogP contribution < -0.4 is 5.32 Å². The van der Waals surface area contributed by atoms with Gasteiger partial charge in [-0.25, -0.2) is 9.97 Å². The first-order valence-corrected chi connectivity index (χ1v) is 7.20. The summed E-state index contributed by atoms with van der Waals surface area (Å²) in [5.74, 6) is -0.654. The zero-order chi connectivity index (χ0) is 14.5. The number of ether oxygens (including phenoxy) is 1. The first kappa shape index (κ1) is 14.6. The summed E-state index contributed by atoms with van der Waals surface area (Å²) in [6.07, 6.45) is 1.62. The van der Waals surface area contributed by atoms with E-state index in [0.717, 1.165) is 0 Å². The number of pyridine rings is 1. The van der Waals surface area contributed by atoms with E-state index in [1.807, 2.05) is 0 Å². The Bertz CT molecular complexity index is 644. The lowest BCUT2D eigenvalue weighted by Crippen LogP contribution is -2.12. The van der Waals surface area contributed by atoms with Gasteiger partial charge in [-0.05, 0) is 28.1 Å². The molecule has 0 spiro atoms. The van der Waals surface area contributed by atoms with Gasteiger partial charge in [0.2, 0.25) is 0 Å². The number of amides is 1. The molecule has 0 aliphatic rings. The monoisotopic (exact) mass is 355 g/mol. The number of halogens is 1. The standard InChI is InChI=1S/C12H10BrN3O3S/c1-19-10(17)5-8-6-20-12(15-8)16-11(18)7-2-3-14-9(13)4-7/h2-4,6H,5H2,1H3,(H,15,16,18). The molecule has 0 aliphatic carbocycles. The molecule has 2 heterocycles. The van der Waals surface area contributed by atoms with Gasteiger partial charge < -0.3 is 4.74 Å². The quantitative estimate of drug-likeness (QED) is 0.671. The summed E-state index contributed by atoms with van der Waals surface area (Å²) in [5.41, 5.74) is 1.03. The van der Waals surface area contributed by atoms with Gasteiger partial charge in [0.05, 0.1) is 19.2 Å². The number of carbonyl (C=O) groups excluding carboxylic acids is 2. The number of aromatic nitrogens is 2. The largest absolute Gasteiger partial charge is 0.469 e. The molecule has 6 nitrogen and oxygen atoms in total. The number of esters is 1. The van der Waals surface area contributed by atoms with E-state index in [2.05, 4.69) is 36.0 Å². The van der Waals surface area contributed by atoms with Crippen LogP contribution in [-0.4, -0.2) is 29.0 Å². The molecule has 1 N–H and O–H groups in total. The van der Waals surface area contributed by atoms with E-state index in [0.29, 0.717) is 21.0 Å². The van der Waals surface area contributed by atoms with Crippen molar-refractivity contribution in [3.8, 4) is 0 Å². The first-order chi connectivity index (χ1) is 9.58. The van der Waals surface area contributed by atoms with Crippen LogP contribution in [0.1, 0.15) is 16.1 Å². The average Bonchev–Trinajstić information content (AvgIpc) is 2.85. The number of carbonyl (C=O) groups is 2. The van der Waals surface area contributed by atoms with Gasteiger partial charge in [-0.3, -0.25) is 14.9 Å². The van der Waals surface area contributed by atoms with Gasteiger partial charge in [0, 0.05) is 17.1 Å². The number of hydrogen-bond donors (Lipinski definition) is 1. The SMILES string of the molecule is COC(=O)Cc1csc(NC(=O)c2ccnc(Br)c2)n1. The number of nitrogens with zero attached hydrogens (tertiary/aromatic N) is 2. The summed E-state index contributed by atoms with van der Waals surface area (Å²) in [4.78, 5) is 31.2. The molecule has 0 aliphatic heterocycles. The molecular weight excluding hydrogens is 346 g/mol. The maximum absolute atomic E-state index is 12.0. The molecule has 0 bridgehead atoms. The highest BCUT2D eigenvalue weighted by Crippen LogP contribution is 2.17. The molecule has 0 fully saturated rings. The van der Waals surface area contributed by atoms with E-state index in [9.17, 15) is 9.59 Å². The van der Waals surface area contributed by atoms with Crippen molar-refractivity contribution in [3.05, 3.63) is 39.6 Å². The number of rotatable bonds is 4. The molecule has 2 aromatic heterocycles. The Morgan fingerprint density at radius 3 is 3.00 bits per heavy atom. The van der Waals surface area contributed by atoms with Crippen molar-refractivity contribution in [1.82, 2.24) is 9.97 Å². The number of nitrogens with one attached hydrogen (secondary N) is 1. The van der Waals surface area contributed by atoms with Crippen molar-refractivity contribution >= 4 is 44.3 Å². The van der Waals surface area contributed by atoms with E-state index in [1.54, 1.807) is 17.5 Å². The number of thiazole rings is 1. The zero-order valence-electron chi connectivity index (χ0n) is 10.4. The number of methoxy groups -OCH3 is 1. The average molecular weight is 356 g/mol. The molecule has 0 saturated heterocycles. The normalized spacial score (nSPS) is 10.1. The van der Waals surface area contributed by atoms with Crippen LogP contribution in [0.25, 0.3) is 0 Å². The van der Waals surface area contributed by atoms with Gasteiger partial charge in [0.15, 0.2) is 5.13 Å². The van der Waals surface area contributed by atoms with Crippen molar-refractivity contribution < 1.29 is 14.3 Å².